The molecular formula is C35H50O4. The predicted octanol–water partition coefficient (Wildman–Crippen LogP) is 9.97. The van der Waals surface area contributed by atoms with Gasteiger partial charge in [-0.2, -0.15) is 0 Å². The SMILES string of the molecule is C=CCCCCCCCCOc1ccc(C(=O)Oc2ccc(OCCCC3CCC(CCC)CC3)cc2)cc1. The lowest BCUT2D eigenvalue weighted by molar-refractivity contribution is 0.0734. The maximum absolute atomic E-state index is 12.6. The summed E-state index contributed by atoms with van der Waals surface area (Å²) >= 11 is 0. The summed E-state index contributed by atoms with van der Waals surface area (Å²) in [4.78, 5) is 12.6. The molecule has 1 aliphatic rings. The summed E-state index contributed by atoms with van der Waals surface area (Å²) in [6.07, 6.45) is 21.1. The second kappa shape index (κ2) is 18.5. The molecule has 1 fully saturated rings. The first-order valence-corrected chi connectivity index (χ1v) is 15.5. The lowest BCUT2D eigenvalue weighted by Gasteiger charge is -2.28. The highest BCUT2D eigenvalue weighted by molar-refractivity contribution is 5.91. The van der Waals surface area contributed by atoms with E-state index in [1.54, 1.807) is 24.3 Å². The molecule has 0 bridgehead atoms. The first kappa shape index (κ1) is 30.8. The summed E-state index contributed by atoms with van der Waals surface area (Å²) in [6.45, 7) is 7.49. The molecule has 1 saturated carbocycles. The van der Waals surface area contributed by atoms with Crippen LogP contribution in [-0.4, -0.2) is 19.2 Å². The van der Waals surface area contributed by atoms with Crippen molar-refractivity contribution in [2.75, 3.05) is 13.2 Å². The average molecular weight is 535 g/mol. The Hall–Kier alpha value is -2.75. The Balaban J connectivity index is 1.27. The maximum Gasteiger partial charge on any atom is 0.343 e. The van der Waals surface area contributed by atoms with Crippen LogP contribution in [0.4, 0.5) is 0 Å². The second-order valence-corrected chi connectivity index (χ2v) is 11.1. The normalized spacial score (nSPS) is 16.9. The molecule has 0 amide bonds. The van der Waals surface area contributed by atoms with Crippen molar-refractivity contribution in [3.8, 4) is 17.2 Å². The molecule has 1 aliphatic carbocycles. The number of esters is 1. The van der Waals surface area contributed by atoms with Gasteiger partial charge in [-0.05, 0) is 92.5 Å². The quantitative estimate of drug-likeness (QED) is 0.0778. The van der Waals surface area contributed by atoms with Crippen molar-refractivity contribution in [2.45, 2.75) is 103 Å². The first-order valence-electron chi connectivity index (χ1n) is 15.5. The van der Waals surface area contributed by atoms with Gasteiger partial charge in [0.15, 0.2) is 0 Å². The van der Waals surface area contributed by atoms with Crippen molar-refractivity contribution >= 4 is 5.97 Å². The molecule has 0 spiro atoms. The van der Waals surface area contributed by atoms with Gasteiger partial charge in [0.2, 0.25) is 0 Å². The molecule has 0 saturated heterocycles. The Morgan fingerprint density at radius 1 is 0.718 bits per heavy atom. The summed E-state index contributed by atoms with van der Waals surface area (Å²) in [6, 6.07) is 14.5. The van der Waals surface area contributed by atoms with E-state index in [4.69, 9.17) is 14.2 Å². The van der Waals surface area contributed by atoms with Crippen LogP contribution in [0.5, 0.6) is 17.2 Å². The predicted molar refractivity (Wildman–Crippen MR) is 161 cm³/mol. The largest absolute Gasteiger partial charge is 0.494 e. The first-order chi connectivity index (χ1) is 19.2. The molecule has 0 atom stereocenters. The van der Waals surface area contributed by atoms with E-state index < -0.39 is 0 Å². The van der Waals surface area contributed by atoms with Crippen LogP contribution < -0.4 is 14.2 Å². The number of hydrogen-bond donors (Lipinski definition) is 0. The number of carbonyl (C=O) groups excluding carboxylic acids is 1. The lowest BCUT2D eigenvalue weighted by Crippen LogP contribution is -2.15. The summed E-state index contributed by atoms with van der Waals surface area (Å²) in [5, 5.41) is 0. The molecule has 0 aliphatic heterocycles. The van der Waals surface area contributed by atoms with Crippen molar-refractivity contribution in [2.24, 2.45) is 11.8 Å². The number of carbonyl (C=O) groups is 1. The number of unbranched alkanes of at least 4 members (excludes halogenated alkanes) is 6. The fourth-order valence-electron chi connectivity index (χ4n) is 5.52. The molecule has 0 radical (unpaired) electrons. The fraction of sp³-hybridized carbons (Fsp3) is 0.571. The van der Waals surface area contributed by atoms with E-state index in [9.17, 15) is 4.79 Å². The molecule has 0 aromatic heterocycles. The molecule has 2 aromatic carbocycles. The third-order valence-corrected chi connectivity index (χ3v) is 7.88. The van der Waals surface area contributed by atoms with Crippen molar-refractivity contribution < 1.29 is 19.0 Å². The van der Waals surface area contributed by atoms with Crippen molar-refractivity contribution in [3.05, 3.63) is 66.7 Å². The third-order valence-electron chi connectivity index (χ3n) is 7.88. The average Bonchev–Trinajstić information content (AvgIpc) is 2.96. The monoisotopic (exact) mass is 534 g/mol. The Labute approximate surface area is 237 Å². The van der Waals surface area contributed by atoms with Crippen LogP contribution in [0, 0.1) is 11.8 Å². The highest BCUT2D eigenvalue weighted by atomic mass is 16.5. The Kier molecular flexibility index (Phi) is 14.6. The van der Waals surface area contributed by atoms with Gasteiger partial charge in [-0.15, -0.1) is 6.58 Å². The van der Waals surface area contributed by atoms with Gasteiger partial charge >= 0.3 is 5.97 Å². The van der Waals surface area contributed by atoms with Crippen LogP contribution in [0.1, 0.15) is 114 Å². The number of ether oxygens (including phenoxy) is 3. The van der Waals surface area contributed by atoms with E-state index in [-0.39, 0.29) is 5.97 Å². The van der Waals surface area contributed by atoms with Gasteiger partial charge in [-0.1, -0.05) is 77.2 Å². The van der Waals surface area contributed by atoms with Gasteiger partial charge < -0.3 is 14.2 Å². The molecule has 3 rings (SSSR count). The van der Waals surface area contributed by atoms with Gasteiger partial charge in [0.25, 0.3) is 0 Å². The summed E-state index contributed by atoms with van der Waals surface area (Å²) < 4.78 is 17.3. The minimum absolute atomic E-state index is 0.375. The summed E-state index contributed by atoms with van der Waals surface area (Å²) in [5.41, 5.74) is 0.505. The number of hydrogen-bond acceptors (Lipinski definition) is 4. The van der Waals surface area contributed by atoms with Crippen LogP contribution in [-0.2, 0) is 0 Å². The number of benzene rings is 2. The van der Waals surface area contributed by atoms with Gasteiger partial charge in [0.05, 0.1) is 18.8 Å². The van der Waals surface area contributed by atoms with E-state index >= 15 is 0 Å². The van der Waals surface area contributed by atoms with Crippen LogP contribution in [0.15, 0.2) is 61.2 Å². The van der Waals surface area contributed by atoms with Gasteiger partial charge in [0.1, 0.15) is 17.2 Å². The lowest BCUT2D eigenvalue weighted by atomic mass is 9.78. The Morgan fingerprint density at radius 2 is 1.23 bits per heavy atom. The molecule has 0 N–H and O–H groups in total. The zero-order valence-electron chi connectivity index (χ0n) is 24.2. The Bertz CT molecular complexity index is 926. The highest BCUT2D eigenvalue weighted by Gasteiger charge is 2.20. The van der Waals surface area contributed by atoms with E-state index in [1.165, 1.54) is 77.0 Å². The van der Waals surface area contributed by atoms with E-state index in [0.717, 1.165) is 49.2 Å². The number of allylic oxidation sites excluding steroid dienone is 1. The Morgan fingerprint density at radius 3 is 1.85 bits per heavy atom. The summed E-state index contributed by atoms with van der Waals surface area (Å²) in [7, 11) is 0. The molecule has 4 nitrogen and oxygen atoms in total. The van der Waals surface area contributed by atoms with E-state index in [1.807, 2.05) is 30.3 Å². The topological polar surface area (TPSA) is 44.8 Å². The second-order valence-electron chi connectivity index (χ2n) is 11.1. The third kappa shape index (κ3) is 12.3. The van der Waals surface area contributed by atoms with Crippen molar-refractivity contribution in [1.29, 1.82) is 0 Å². The molecule has 4 heteroatoms. The van der Waals surface area contributed by atoms with Gasteiger partial charge in [0, 0.05) is 0 Å². The fourth-order valence-corrected chi connectivity index (χ4v) is 5.52. The minimum atomic E-state index is -0.375. The zero-order chi connectivity index (χ0) is 27.5. The van der Waals surface area contributed by atoms with E-state index in [2.05, 4.69) is 13.5 Å². The van der Waals surface area contributed by atoms with Gasteiger partial charge in [-0.3, -0.25) is 0 Å². The van der Waals surface area contributed by atoms with Crippen molar-refractivity contribution in [3.63, 3.8) is 0 Å². The van der Waals surface area contributed by atoms with Crippen LogP contribution >= 0.6 is 0 Å². The molecule has 39 heavy (non-hydrogen) atoms. The molecule has 214 valence electrons. The highest BCUT2D eigenvalue weighted by Crippen LogP contribution is 2.33. The van der Waals surface area contributed by atoms with Gasteiger partial charge in [-0.25, -0.2) is 4.79 Å². The smallest absolute Gasteiger partial charge is 0.343 e. The van der Waals surface area contributed by atoms with Crippen LogP contribution in [0.3, 0.4) is 0 Å². The summed E-state index contributed by atoms with van der Waals surface area (Å²) in [5.74, 6) is 3.58. The molecule has 2 aromatic rings. The number of rotatable bonds is 19. The molecular weight excluding hydrogens is 484 g/mol. The minimum Gasteiger partial charge on any atom is -0.494 e. The maximum atomic E-state index is 12.6. The molecule has 0 unspecified atom stereocenters. The van der Waals surface area contributed by atoms with Crippen LogP contribution in [0.2, 0.25) is 0 Å². The molecule has 0 heterocycles. The van der Waals surface area contributed by atoms with Crippen LogP contribution in [0.25, 0.3) is 0 Å². The zero-order valence-corrected chi connectivity index (χ0v) is 24.2. The van der Waals surface area contributed by atoms with E-state index in [0.29, 0.717) is 17.9 Å². The van der Waals surface area contributed by atoms with Crippen molar-refractivity contribution in [1.82, 2.24) is 0 Å². The standard InChI is InChI=1S/C35H50O4/c1-3-5-6-7-8-9-10-11-27-37-32-21-19-31(20-22-32)35(36)39-34-25-23-33(24-26-34)38-28-12-14-30-17-15-29(13-4-2)16-18-30/h3,19-26,29-30H,1,4-18,27-28H2,2H3.